The zero-order valence-corrected chi connectivity index (χ0v) is 12.1. The normalized spacial score (nSPS) is 12.6. The molecule has 2 aromatic heterocycles. The molecule has 2 rings (SSSR count). The lowest BCUT2D eigenvalue weighted by Gasteiger charge is -2.03. The summed E-state index contributed by atoms with van der Waals surface area (Å²) in [6.45, 7) is -0.134. The summed E-state index contributed by atoms with van der Waals surface area (Å²) in [6, 6.07) is 2.35. The van der Waals surface area contributed by atoms with E-state index in [1.54, 1.807) is 0 Å². The van der Waals surface area contributed by atoms with Crippen LogP contribution in [0.3, 0.4) is 0 Å². The maximum Gasteiger partial charge on any atom is 0.435 e. The molecule has 0 aliphatic carbocycles. The Bertz CT molecular complexity index is 769. The first-order valence-electron chi connectivity index (χ1n) is 5.97. The fourth-order valence-electron chi connectivity index (χ4n) is 1.75. The van der Waals surface area contributed by atoms with E-state index in [2.05, 4.69) is 10.2 Å². The Morgan fingerprint density at radius 3 is 2.55 bits per heavy atom. The Labute approximate surface area is 123 Å². The summed E-state index contributed by atoms with van der Waals surface area (Å²) in [6.07, 6.45) is -1.89. The Morgan fingerprint density at radius 1 is 1.41 bits per heavy atom. The highest BCUT2D eigenvalue weighted by Gasteiger charge is 2.34. The molecule has 0 radical (unpaired) electrons. The highest BCUT2D eigenvalue weighted by atomic mass is 32.2. The average molecular weight is 336 g/mol. The van der Waals surface area contributed by atoms with Crippen LogP contribution >= 0.6 is 0 Å². The maximum absolute atomic E-state index is 12.6. The summed E-state index contributed by atoms with van der Waals surface area (Å²) in [5.41, 5.74) is -0.422. The van der Waals surface area contributed by atoms with E-state index >= 15 is 0 Å². The molecule has 120 valence electrons. The van der Waals surface area contributed by atoms with Gasteiger partial charge in [0, 0.05) is 18.7 Å². The highest BCUT2D eigenvalue weighted by Crippen LogP contribution is 2.30. The molecule has 0 aliphatic rings. The zero-order valence-electron chi connectivity index (χ0n) is 11.3. The molecule has 2 heterocycles. The van der Waals surface area contributed by atoms with Gasteiger partial charge < -0.3 is 4.55 Å². The molecule has 0 aromatic carbocycles. The second kappa shape index (κ2) is 5.65. The summed E-state index contributed by atoms with van der Waals surface area (Å²) in [7, 11) is -2.98. The second-order valence-corrected chi connectivity index (χ2v) is 6.00. The monoisotopic (exact) mass is 336 g/mol. The maximum atomic E-state index is 12.6. The van der Waals surface area contributed by atoms with Crippen molar-refractivity contribution in [3.05, 3.63) is 30.2 Å². The van der Waals surface area contributed by atoms with Crippen LogP contribution in [-0.4, -0.2) is 33.6 Å². The molecule has 22 heavy (non-hydrogen) atoms. The molecule has 0 N–H and O–H groups in total. The van der Waals surface area contributed by atoms with Crippen LogP contribution in [-0.2, 0) is 29.9 Å². The smallest absolute Gasteiger partial charge is 0.435 e. The van der Waals surface area contributed by atoms with Gasteiger partial charge in [0.1, 0.15) is 16.3 Å². The van der Waals surface area contributed by atoms with E-state index in [9.17, 15) is 26.1 Å². The van der Waals surface area contributed by atoms with Gasteiger partial charge in [0.25, 0.3) is 0 Å². The Morgan fingerprint density at radius 2 is 2.09 bits per heavy atom. The van der Waals surface area contributed by atoms with E-state index in [0.717, 1.165) is 10.7 Å². The Kier molecular flexibility index (Phi) is 4.20. The molecule has 0 amide bonds. The molecule has 0 saturated heterocycles. The van der Waals surface area contributed by atoms with E-state index in [1.807, 2.05) is 0 Å². The van der Waals surface area contributed by atoms with Crippen LogP contribution in [0.1, 0.15) is 5.69 Å². The van der Waals surface area contributed by atoms with Gasteiger partial charge in [0.05, 0.1) is 11.4 Å². The summed E-state index contributed by atoms with van der Waals surface area (Å²) < 4.78 is 71.6. The molecule has 0 fully saturated rings. The molecule has 2 aromatic rings. The van der Waals surface area contributed by atoms with Gasteiger partial charge in [0.2, 0.25) is 0 Å². The van der Waals surface area contributed by atoms with E-state index in [4.69, 9.17) is 0 Å². The molecule has 0 spiro atoms. The Hall–Kier alpha value is -2.01. The molecule has 0 saturated carbocycles. The molecule has 0 atom stereocenters. The number of hydrogen-bond donors (Lipinski definition) is 0. The van der Waals surface area contributed by atoms with Crippen molar-refractivity contribution in [2.45, 2.75) is 12.7 Å². The van der Waals surface area contributed by atoms with Gasteiger partial charge >= 0.3 is 6.18 Å². The van der Waals surface area contributed by atoms with Crippen LogP contribution in [0.5, 0.6) is 0 Å². The van der Waals surface area contributed by atoms with Gasteiger partial charge in [-0.3, -0.25) is 4.68 Å². The number of aromatic nitrogens is 4. The van der Waals surface area contributed by atoms with Gasteiger partial charge in [-0.2, -0.15) is 18.3 Å². The molecular formula is C11H11F3N4O3S. The van der Waals surface area contributed by atoms with Crippen molar-refractivity contribution in [3.63, 3.8) is 0 Å². The largest absolute Gasteiger partial charge is 0.748 e. The summed E-state index contributed by atoms with van der Waals surface area (Å²) in [5, 5.41) is 7.25. The number of nitrogens with zero attached hydrogens (tertiary/aromatic N) is 4. The van der Waals surface area contributed by atoms with E-state index in [-0.39, 0.29) is 12.2 Å². The van der Waals surface area contributed by atoms with Crippen LogP contribution in [0, 0.1) is 0 Å². The Balaban J connectivity index is 2.22. The lowest BCUT2D eigenvalue weighted by atomic mass is 10.2. The minimum absolute atomic E-state index is 0.134. The van der Waals surface area contributed by atoms with Gasteiger partial charge in [-0.05, 0) is 11.2 Å². The third kappa shape index (κ3) is 4.01. The summed E-state index contributed by atoms with van der Waals surface area (Å²) in [4.78, 5) is 0. The minimum Gasteiger partial charge on any atom is -0.748 e. The molecule has 11 heteroatoms. The fourth-order valence-corrected chi connectivity index (χ4v) is 2.16. The SMILES string of the molecule is Cn1nc(C(F)(F)F)cc1-c1cc[n+](CCS(=O)(=O)[O-])nc1. The molecule has 7 nitrogen and oxygen atoms in total. The fraction of sp³-hybridized carbons (Fsp3) is 0.364. The second-order valence-electron chi connectivity index (χ2n) is 4.48. The van der Waals surface area contributed by atoms with Crippen molar-refractivity contribution < 1.29 is 30.8 Å². The van der Waals surface area contributed by atoms with Crippen LogP contribution in [0.15, 0.2) is 24.5 Å². The van der Waals surface area contributed by atoms with Crippen molar-refractivity contribution in [1.82, 2.24) is 14.9 Å². The topological polar surface area (TPSA) is 91.8 Å². The zero-order chi connectivity index (χ0) is 16.5. The van der Waals surface area contributed by atoms with Crippen LogP contribution in [0.2, 0.25) is 0 Å². The molecule has 0 aliphatic heterocycles. The molecular weight excluding hydrogens is 325 g/mol. The number of alkyl halides is 3. The predicted molar refractivity (Wildman–Crippen MR) is 66.2 cm³/mol. The van der Waals surface area contributed by atoms with Crippen molar-refractivity contribution in [2.75, 3.05) is 5.75 Å². The number of aryl methyl sites for hydroxylation is 2. The standard InChI is InChI=1S/C11H11F3N4O3S/c1-17-9(6-10(16-17)11(12,13)14)8-2-3-18(15-7-8)4-5-22(19,20)21/h2-3,6-7H,4-5H2,1H3. The predicted octanol–water partition coefficient (Wildman–Crippen LogP) is 0.334. The average Bonchev–Trinajstić information content (AvgIpc) is 2.78. The van der Waals surface area contributed by atoms with E-state index < -0.39 is 27.7 Å². The van der Waals surface area contributed by atoms with Crippen molar-refractivity contribution >= 4 is 10.1 Å². The first kappa shape index (κ1) is 16.4. The minimum atomic E-state index is -4.54. The van der Waals surface area contributed by atoms with Crippen molar-refractivity contribution in [2.24, 2.45) is 7.05 Å². The van der Waals surface area contributed by atoms with Crippen LogP contribution < -0.4 is 4.68 Å². The van der Waals surface area contributed by atoms with E-state index in [0.29, 0.717) is 5.56 Å². The van der Waals surface area contributed by atoms with E-state index in [1.165, 1.54) is 30.2 Å². The quantitative estimate of drug-likeness (QED) is 0.593. The van der Waals surface area contributed by atoms with Gasteiger partial charge in [0.15, 0.2) is 18.4 Å². The first-order chi connectivity index (χ1) is 10.1. The highest BCUT2D eigenvalue weighted by molar-refractivity contribution is 7.85. The summed E-state index contributed by atoms with van der Waals surface area (Å²) >= 11 is 0. The molecule has 0 bridgehead atoms. The van der Waals surface area contributed by atoms with Gasteiger partial charge in [-0.15, -0.1) is 0 Å². The van der Waals surface area contributed by atoms with Gasteiger partial charge in [-0.25, -0.2) is 8.42 Å². The van der Waals surface area contributed by atoms with Crippen molar-refractivity contribution in [1.29, 1.82) is 0 Å². The van der Waals surface area contributed by atoms with Gasteiger partial charge in [-0.1, -0.05) is 4.68 Å². The number of hydrogen-bond acceptors (Lipinski definition) is 5. The third-order valence-corrected chi connectivity index (χ3v) is 3.49. The lowest BCUT2D eigenvalue weighted by molar-refractivity contribution is -0.750. The first-order valence-corrected chi connectivity index (χ1v) is 7.55. The summed E-state index contributed by atoms with van der Waals surface area (Å²) in [5.74, 6) is -0.617. The number of rotatable bonds is 4. The third-order valence-electron chi connectivity index (χ3n) is 2.81. The van der Waals surface area contributed by atoms with Crippen molar-refractivity contribution in [3.8, 4) is 11.3 Å². The lowest BCUT2D eigenvalue weighted by Crippen LogP contribution is -2.40. The van der Waals surface area contributed by atoms with Crippen LogP contribution in [0.4, 0.5) is 13.2 Å². The molecule has 0 unspecified atom stereocenters. The number of halogens is 3. The van der Waals surface area contributed by atoms with Crippen LogP contribution in [0.25, 0.3) is 11.3 Å².